The van der Waals surface area contributed by atoms with Crippen LogP contribution < -0.4 is 10.4 Å². The van der Waals surface area contributed by atoms with Gasteiger partial charge < -0.3 is 0 Å². The van der Waals surface area contributed by atoms with Gasteiger partial charge in [0.25, 0.3) is 5.91 Å². The predicted molar refractivity (Wildman–Crippen MR) is 123 cm³/mol. The Hall–Kier alpha value is -2.15. The van der Waals surface area contributed by atoms with E-state index in [-0.39, 0.29) is 17.8 Å². The maximum absolute atomic E-state index is 13.6. The van der Waals surface area contributed by atoms with E-state index in [4.69, 9.17) is 28.3 Å². The highest BCUT2D eigenvalue weighted by molar-refractivity contribution is 6.42. The van der Waals surface area contributed by atoms with Gasteiger partial charge >= 0.3 is 0 Å². The minimum absolute atomic E-state index is 0.230. The van der Waals surface area contributed by atoms with Crippen LogP contribution in [0.4, 0.5) is 10.1 Å². The third-order valence-corrected chi connectivity index (χ3v) is 6.46. The average molecular weight is 463 g/mol. The number of hydrogen-bond acceptors (Lipinski definition) is 4. The Labute approximate surface area is 191 Å². The van der Waals surface area contributed by atoms with E-state index in [1.807, 2.05) is 18.9 Å². The summed E-state index contributed by atoms with van der Waals surface area (Å²) in [6.07, 6.45) is 3.29. The number of rotatable bonds is 4. The Kier molecular flexibility index (Phi) is 6.24. The van der Waals surface area contributed by atoms with Crippen LogP contribution in [0.25, 0.3) is 0 Å². The van der Waals surface area contributed by atoms with Crippen LogP contribution in [0.5, 0.6) is 0 Å². The minimum Gasteiger partial charge on any atom is -0.284 e. The van der Waals surface area contributed by atoms with Crippen LogP contribution in [-0.4, -0.2) is 29.7 Å². The number of anilines is 1. The molecule has 1 amide bonds. The van der Waals surface area contributed by atoms with Crippen molar-refractivity contribution in [2.75, 3.05) is 18.1 Å². The zero-order valence-electron chi connectivity index (χ0n) is 17.5. The molecule has 1 N–H and O–H groups in total. The van der Waals surface area contributed by atoms with Gasteiger partial charge in [-0.1, -0.05) is 55.6 Å². The summed E-state index contributed by atoms with van der Waals surface area (Å²) >= 11 is 12.6. The lowest BCUT2D eigenvalue weighted by Gasteiger charge is -2.34. The summed E-state index contributed by atoms with van der Waals surface area (Å²) in [4.78, 5) is 13.3. The second-order valence-electron chi connectivity index (χ2n) is 8.55. The third kappa shape index (κ3) is 4.43. The normalized spacial score (nSPS) is 21.1. The van der Waals surface area contributed by atoms with E-state index in [2.05, 4.69) is 5.43 Å². The molecule has 0 radical (unpaired) electrons. The molecular formula is C23H25Cl2FN4O. The quantitative estimate of drug-likeness (QED) is 0.643. The van der Waals surface area contributed by atoms with Crippen molar-refractivity contribution in [1.29, 1.82) is 0 Å². The van der Waals surface area contributed by atoms with E-state index in [1.54, 1.807) is 35.3 Å². The highest BCUT2D eigenvalue weighted by Crippen LogP contribution is 2.48. The number of carbonyl (C=O) groups is 1. The van der Waals surface area contributed by atoms with Crippen molar-refractivity contribution >= 4 is 40.5 Å². The first-order chi connectivity index (χ1) is 14.8. The van der Waals surface area contributed by atoms with Gasteiger partial charge in [0.2, 0.25) is 0 Å². The lowest BCUT2D eigenvalue weighted by Crippen LogP contribution is -2.50. The van der Waals surface area contributed by atoms with Crippen molar-refractivity contribution in [3.63, 3.8) is 0 Å². The topological polar surface area (TPSA) is 47.9 Å². The maximum Gasteiger partial charge on any atom is 0.282 e. The molecule has 0 bridgehead atoms. The van der Waals surface area contributed by atoms with Gasteiger partial charge in [0.15, 0.2) is 0 Å². The molecule has 2 heterocycles. The second-order valence-corrected chi connectivity index (χ2v) is 9.40. The van der Waals surface area contributed by atoms with E-state index < -0.39 is 5.41 Å². The third-order valence-electron chi connectivity index (χ3n) is 5.92. The Morgan fingerprint density at radius 2 is 1.77 bits per heavy atom. The van der Waals surface area contributed by atoms with Gasteiger partial charge in [-0.15, -0.1) is 0 Å². The van der Waals surface area contributed by atoms with Crippen LogP contribution in [0.1, 0.15) is 44.7 Å². The lowest BCUT2D eigenvalue weighted by molar-refractivity contribution is -0.120. The molecule has 0 saturated carbocycles. The average Bonchev–Trinajstić information content (AvgIpc) is 3.00. The Morgan fingerprint density at radius 1 is 1.10 bits per heavy atom. The summed E-state index contributed by atoms with van der Waals surface area (Å²) in [5, 5.41) is 9.38. The second kappa shape index (κ2) is 8.77. The van der Waals surface area contributed by atoms with Crippen molar-refractivity contribution in [3.05, 3.63) is 63.9 Å². The first-order valence-electron chi connectivity index (χ1n) is 10.4. The molecule has 1 saturated heterocycles. The van der Waals surface area contributed by atoms with Crippen molar-refractivity contribution in [3.8, 4) is 0 Å². The van der Waals surface area contributed by atoms with Gasteiger partial charge in [-0.2, -0.15) is 5.10 Å². The summed E-state index contributed by atoms with van der Waals surface area (Å²) in [5.74, 6) is -0.550. The number of nitrogens with zero attached hydrogens (tertiary/aromatic N) is 3. The SMILES string of the molecule is CC1(C)C(C(=O)NN2CCCCC2)=NN(c2ccc(Cl)cc2Cl)C1c1ccc(F)cc1. The molecule has 2 aromatic carbocycles. The number of benzene rings is 2. The van der Waals surface area contributed by atoms with Crippen LogP contribution in [0.3, 0.4) is 0 Å². The summed E-state index contributed by atoms with van der Waals surface area (Å²) in [5.41, 5.74) is 4.22. The fourth-order valence-corrected chi connectivity index (χ4v) is 4.83. The highest BCUT2D eigenvalue weighted by Gasteiger charge is 2.49. The largest absolute Gasteiger partial charge is 0.284 e. The molecule has 1 fully saturated rings. The summed E-state index contributed by atoms with van der Waals surface area (Å²) < 4.78 is 13.6. The smallest absolute Gasteiger partial charge is 0.282 e. The Morgan fingerprint density at radius 3 is 2.42 bits per heavy atom. The highest BCUT2D eigenvalue weighted by atomic mass is 35.5. The molecular weight excluding hydrogens is 438 g/mol. The summed E-state index contributed by atoms with van der Waals surface area (Å²) in [7, 11) is 0. The van der Waals surface area contributed by atoms with E-state index >= 15 is 0 Å². The molecule has 8 heteroatoms. The molecule has 0 aliphatic carbocycles. The van der Waals surface area contributed by atoms with Crippen molar-refractivity contribution in [1.82, 2.24) is 10.4 Å². The molecule has 0 aromatic heterocycles. The molecule has 2 aromatic rings. The Bertz CT molecular complexity index is 1000. The maximum atomic E-state index is 13.6. The van der Waals surface area contributed by atoms with Crippen LogP contribution in [-0.2, 0) is 4.79 Å². The molecule has 5 nitrogen and oxygen atoms in total. The van der Waals surface area contributed by atoms with E-state index in [1.165, 1.54) is 18.6 Å². The first-order valence-corrected chi connectivity index (χ1v) is 11.2. The van der Waals surface area contributed by atoms with Crippen LogP contribution >= 0.6 is 23.2 Å². The number of hydrazone groups is 1. The molecule has 31 heavy (non-hydrogen) atoms. The molecule has 164 valence electrons. The zero-order valence-corrected chi connectivity index (χ0v) is 19.0. The van der Waals surface area contributed by atoms with Crippen molar-refractivity contribution < 1.29 is 9.18 Å². The minimum atomic E-state index is -0.666. The fourth-order valence-electron chi connectivity index (χ4n) is 4.33. The number of carbonyl (C=O) groups excluding carboxylic acids is 1. The van der Waals surface area contributed by atoms with Gasteiger partial charge in [-0.25, -0.2) is 9.40 Å². The first kappa shape index (κ1) is 22.1. The number of hydrogen-bond donors (Lipinski definition) is 1. The summed E-state index contributed by atoms with van der Waals surface area (Å²) in [6.45, 7) is 5.60. The standard InChI is InChI=1S/C23H25Cl2FN4O/c1-23(2)20(22(31)28-29-12-4-3-5-13-29)27-30(19-11-8-16(24)14-18(19)25)21(23)15-6-9-17(26)10-7-15/h6-11,14,21H,3-5,12-13H2,1-2H3,(H,28,31). The van der Waals surface area contributed by atoms with Gasteiger partial charge in [0, 0.05) is 23.5 Å². The van der Waals surface area contributed by atoms with E-state index in [9.17, 15) is 9.18 Å². The lowest BCUT2D eigenvalue weighted by atomic mass is 9.77. The van der Waals surface area contributed by atoms with Gasteiger partial charge in [0.05, 0.1) is 16.8 Å². The number of amides is 1. The number of hydrazine groups is 1. The predicted octanol–water partition coefficient (Wildman–Crippen LogP) is 5.59. The number of nitrogens with one attached hydrogen (secondary N) is 1. The molecule has 0 spiro atoms. The fraction of sp³-hybridized carbons (Fsp3) is 0.391. The van der Waals surface area contributed by atoms with Crippen LogP contribution in [0.15, 0.2) is 47.6 Å². The van der Waals surface area contributed by atoms with Gasteiger partial charge in [-0.05, 0) is 48.7 Å². The molecule has 2 aliphatic heterocycles. The van der Waals surface area contributed by atoms with E-state index in [0.717, 1.165) is 31.5 Å². The number of halogens is 3. The van der Waals surface area contributed by atoms with Gasteiger partial charge in [0.1, 0.15) is 11.5 Å². The molecule has 1 atom stereocenters. The van der Waals surface area contributed by atoms with Crippen molar-refractivity contribution in [2.24, 2.45) is 10.5 Å². The Balaban J connectivity index is 1.74. The number of piperidine rings is 1. The molecule has 2 aliphatic rings. The summed E-state index contributed by atoms with van der Waals surface area (Å²) in [6, 6.07) is 11.1. The van der Waals surface area contributed by atoms with E-state index in [0.29, 0.717) is 21.4 Å². The van der Waals surface area contributed by atoms with Crippen molar-refractivity contribution in [2.45, 2.75) is 39.2 Å². The molecule has 4 rings (SSSR count). The zero-order chi connectivity index (χ0) is 22.2. The van der Waals surface area contributed by atoms with Crippen LogP contribution in [0.2, 0.25) is 10.0 Å². The molecule has 1 unspecified atom stereocenters. The van der Waals surface area contributed by atoms with Crippen LogP contribution in [0, 0.1) is 11.2 Å². The van der Waals surface area contributed by atoms with Gasteiger partial charge in [-0.3, -0.25) is 15.2 Å². The monoisotopic (exact) mass is 462 g/mol.